The maximum Gasteiger partial charge on any atom is 0.360 e. The molecule has 2 aromatic rings. The Morgan fingerprint density at radius 2 is 2.23 bits per heavy atom. The second-order valence-corrected chi connectivity index (χ2v) is 5.26. The van der Waals surface area contributed by atoms with Gasteiger partial charge < -0.3 is 18.8 Å². The highest BCUT2D eigenvalue weighted by molar-refractivity contribution is 7.12. The summed E-state index contributed by atoms with van der Waals surface area (Å²) in [4.78, 5) is 30.0. The van der Waals surface area contributed by atoms with Gasteiger partial charge in [-0.25, -0.2) is 9.78 Å². The third-order valence-electron chi connectivity index (χ3n) is 2.86. The quantitative estimate of drug-likeness (QED) is 0.723. The van der Waals surface area contributed by atoms with Crippen LogP contribution in [0, 0.1) is 0 Å². The molecule has 2 rings (SSSR count). The van der Waals surface area contributed by atoms with Crippen molar-refractivity contribution in [1.82, 2.24) is 9.88 Å². The predicted octanol–water partition coefficient (Wildman–Crippen LogP) is 1.81. The molecule has 118 valence electrons. The normalized spacial score (nSPS) is 10.5. The van der Waals surface area contributed by atoms with Crippen LogP contribution in [0.1, 0.15) is 26.1 Å². The summed E-state index contributed by atoms with van der Waals surface area (Å²) in [5.74, 6) is -0.450. The van der Waals surface area contributed by atoms with Crippen LogP contribution in [0.25, 0.3) is 0 Å². The molecule has 8 heteroatoms. The van der Waals surface area contributed by atoms with Crippen LogP contribution < -0.4 is 0 Å². The molecule has 0 aliphatic heterocycles. The molecule has 0 fully saturated rings. The van der Waals surface area contributed by atoms with Gasteiger partial charge in [-0.15, -0.1) is 11.3 Å². The first-order chi connectivity index (χ1) is 10.7. The first-order valence-electron chi connectivity index (χ1n) is 6.50. The second kappa shape index (κ2) is 7.71. The van der Waals surface area contributed by atoms with Crippen molar-refractivity contribution in [3.63, 3.8) is 0 Å². The van der Waals surface area contributed by atoms with Gasteiger partial charge in [0, 0.05) is 13.7 Å². The largest absolute Gasteiger partial charge is 0.464 e. The molecule has 1 amide bonds. The third kappa shape index (κ3) is 3.92. The number of oxazole rings is 1. The zero-order chi connectivity index (χ0) is 15.9. The number of hydrogen-bond donors (Lipinski definition) is 0. The molecule has 0 bridgehead atoms. The number of esters is 1. The Kier molecular flexibility index (Phi) is 5.68. The number of rotatable bonds is 7. The van der Waals surface area contributed by atoms with Crippen LogP contribution in [0.15, 0.2) is 28.2 Å². The fourth-order valence-corrected chi connectivity index (χ4v) is 2.45. The monoisotopic (exact) mass is 324 g/mol. The van der Waals surface area contributed by atoms with E-state index in [9.17, 15) is 9.59 Å². The van der Waals surface area contributed by atoms with Gasteiger partial charge in [0.1, 0.15) is 6.26 Å². The Balaban J connectivity index is 2.10. The van der Waals surface area contributed by atoms with Crippen LogP contribution in [-0.4, -0.2) is 49.1 Å². The van der Waals surface area contributed by atoms with Crippen molar-refractivity contribution in [1.29, 1.82) is 0 Å². The minimum absolute atomic E-state index is 0.0766. The van der Waals surface area contributed by atoms with E-state index >= 15 is 0 Å². The van der Waals surface area contributed by atoms with Crippen molar-refractivity contribution in [3.05, 3.63) is 40.2 Å². The van der Waals surface area contributed by atoms with E-state index in [1.54, 1.807) is 18.1 Å². The average molecular weight is 324 g/mol. The van der Waals surface area contributed by atoms with Crippen LogP contribution in [0.5, 0.6) is 0 Å². The highest BCUT2D eigenvalue weighted by atomic mass is 32.1. The zero-order valence-electron chi connectivity index (χ0n) is 12.3. The highest BCUT2D eigenvalue weighted by Crippen LogP contribution is 2.14. The van der Waals surface area contributed by atoms with E-state index in [0.717, 1.165) is 0 Å². The minimum Gasteiger partial charge on any atom is -0.464 e. The van der Waals surface area contributed by atoms with E-state index in [1.165, 1.54) is 24.7 Å². The Morgan fingerprint density at radius 1 is 1.41 bits per heavy atom. The first kappa shape index (κ1) is 16.2. The fourth-order valence-electron chi connectivity index (χ4n) is 1.76. The molecule has 2 heterocycles. The summed E-state index contributed by atoms with van der Waals surface area (Å²) < 4.78 is 14.8. The molecule has 0 saturated carbocycles. The number of methoxy groups -OCH3 is 2. The standard InChI is InChI=1S/C14H16N2O5S/c1-19-6-5-16(13(17)11-4-3-7-22-11)8-12-15-10(9-21-12)14(18)20-2/h3-4,7,9H,5-6,8H2,1-2H3. The summed E-state index contributed by atoms with van der Waals surface area (Å²) >= 11 is 1.36. The number of hydrogen-bond acceptors (Lipinski definition) is 7. The Labute approximate surface area is 131 Å². The summed E-state index contributed by atoms with van der Waals surface area (Å²) in [6.45, 7) is 0.932. The zero-order valence-corrected chi connectivity index (χ0v) is 13.1. The number of nitrogens with zero attached hydrogens (tertiary/aromatic N) is 2. The van der Waals surface area contributed by atoms with Crippen molar-refractivity contribution in [3.8, 4) is 0 Å². The molecule has 0 radical (unpaired) electrons. The number of thiophene rings is 1. The third-order valence-corrected chi connectivity index (χ3v) is 3.71. The molecule has 0 aliphatic rings. The predicted molar refractivity (Wildman–Crippen MR) is 78.8 cm³/mol. The van der Waals surface area contributed by atoms with Crippen molar-refractivity contribution in [2.75, 3.05) is 27.4 Å². The molecule has 7 nitrogen and oxygen atoms in total. The number of carbonyl (C=O) groups is 2. The van der Waals surface area contributed by atoms with E-state index in [-0.39, 0.29) is 24.0 Å². The Hall–Kier alpha value is -2.19. The molecule has 22 heavy (non-hydrogen) atoms. The van der Waals surface area contributed by atoms with Gasteiger partial charge in [-0.2, -0.15) is 0 Å². The van der Waals surface area contributed by atoms with Gasteiger partial charge >= 0.3 is 5.97 Å². The number of aromatic nitrogens is 1. The van der Waals surface area contributed by atoms with Gasteiger partial charge in [0.2, 0.25) is 5.89 Å². The van der Waals surface area contributed by atoms with Crippen LogP contribution in [0.2, 0.25) is 0 Å². The average Bonchev–Trinajstić information content (AvgIpc) is 3.21. The number of amides is 1. The lowest BCUT2D eigenvalue weighted by molar-refractivity contribution is 0.0594. The van der Waals surface area contributed by atoms with Gasteiger partial charge in [-0.1, -0.05) is 6.07 Å². The Morgan fingerprint density at radius 3 is 2.86 bits per heavy atom. The minimum atomic E-state index is -0.581. The second-order valence-electron chi connectivity index (χ2n) is 4.31. The summed E-state index contributed by atoms with van der Waals surface area (Å²) in [5.41, 5.74) is 0.0766. The Bertz CT molecular complexity index is 623. The van der Waals surface area contributed by atoms with Gasteiger partial charge in [0.05, 0.1) is 25.1 Å². The lowest BCUT2D eigenvalue weighted by Gasteiger charge is -2.19. The molecule has 0 aliphatic carbocycles. The SMILES string of the molecule is COCCN(Cc1nc(C(=O)OC)co1)C(=O)c1cccs1. The van der Waals surface area contributed by atoms with E-state index in [1.807, 2.05) is 11.4 Å². The van der Waals surface area contributed by atoms with Gasteiger partial charge in [-0.3, -0.25) is 4.79 Å². The van der Waals surface area contributed by atoms with Gasteiger partial charge in [0.15, 0.2) is 5.69 Å². The molecule has 2 aromatic heterocycles. The molecule has 0 atom stereocenters. The number of ether oxygens (including phenoxy) is 2. The van der Waals surface area contributed by atoms with Crippen LogP contribution in [-0.2, 0) is 16.0 Å². The van der Waals surface area contributed by atoms with Crippen LogP contribution in [0.3, 0.4) is 0 Å². The van der Waals surface area contributed by atoms with Crippen molar-refractivity contribution < 1.29 is 23.5 Å². The molecular weight excluding hydrogens is 308 g/mol. The lowest BCUT2D eigenvalue weighted by atomic mass is 10.3. The lowest BCUT2D eigenvalue weighted by Crippen LogP contribution is -2.33. The molecule has 0 saturated heterocycles. The van der Waals surface area contributed by atoms with Crippen molar-refractivity contribution >= 4 is 23.2 Å². The van der Waals surface area contributed by atoms with E-state index in [0.29, 0.717) is 18.0 Å². The topological polar surface area (TPSA) is 81.9 Å². The van der Waals surface area contributed by atoms with Crippen molar-refractivity contribution in [2.24, 2.45) is 0 Å². The molecule has 0 spiro atoms. The summed E-state index contributed by atoms with van der Waals surface area (Å²) in [6.07, 6.45) is 1.21. The maximum absolute atomic E-state index is 12.4. The van der Waals surface area contributed by atoms with E-state index in [2.05, 4.69) is 9.72 Å². The highest BCUT2D eigenvalue weighted by Gasteiger charge is 2.20. The molecule has 0 unspecified atom stereocenters. The first-order valence-corrected chi connectivity index (χ1v) is 7.38. The van der Waals surface area contributed by atoms with Crippen molar-refractivity contribution in [2.45, 2.75) is 6.54 Å². The summed E-state index contributed by atoms with van der Waals surface area (Å²) in [6, 6.07) is 3.56. The molecule has 0 N–H and O–H groups in total. The number of carbonyl (C=O) groups excluding carboxylic acids is 2. The summed E-state index contributed by atoms with van der Waals surface area (Å²) in [7, 11) is 2.83. The maximum atomic E-state index is 12.4. The molecular formula is C14H16N2O5S. The van der Waals surface area contributed by atoms with Gasteiger partial charge in [-0.05, 0) is 11.4 Å². The van der Waals surface area contributed by atoms with E-state index < -0.39 is 5.97 Å². The van der Waals surface area contributed by atoms with E-state index in [4.69, 9.17) is 9.15 Å². The summed E-state index contributed by atoms with van der Waals surface area (Å²) in [5, 5.41) is 1.84. The van der Waals surface area contributed by atoms with Gasteiger partial charge in [0.25, 0.3) is 5.91 Å². The fraction of sp³-hybridized carbons (Fsp3) is 0.357. The molecule has 0 aromatic carbocycles. The van der Waals surface area contributed by atoms with Crippen LogP contribution >= 0.6 is 11.3 Å². The van der Waals surface area contributed by atoms with Crippen LogP contribution in [0.4, 0.5) is 0 Å². The smallest absolute Gasteiger partial charge is 0.360 e.